The largest absolute Gasteiger partial charge is 0.612 e. The second kappa shape index (κ2) is 5.95. The zero-order valence-corrected chi connectivity index (χ0v) is 12.0. The highest BCUT2D eigenvalue weighted by Gasteiger charge is 2.17. The lowest BCUT2D eigenvalue weighted by Crippen LogP contribution is -2.23. The Morgan fingerprint density at radius 1 is 1.09 bits per heavy atom. The third kappa shape index (κ3) is 2.44. The number of para-hydroxylation sites is 1. The first-order valence-corrected chi connectivity index (χ1v) is 7.17. The molecule has 6 heteroatoms. The molecule has 2 aliphatic rings. The minimum absolute atomic E-state index is 0.0924. The van der Waals surface area contributed by atoms with Crippen LogP contribution in [-0.4, -0.2) is 18.1 Å². The Balaban J connectivity index is 2.35. The summed E-state index contributed by atoms with van der Waals surface area (Å²) in [6.07, 6.45) is 0.801. The van der Waals surface area contributed by atoms with E-state index in [4.69, 9.17) is 5.73 Å². The van der Waals surface area contributed by atoms with Gasteiger partial charge in [-0.25, -0.2) is 0 Å². The van der Waals surface area contributed by atoms with Crippen LogP contribution in [0, 0.1) is 10.4 Å². The Bertz CT molecular complexity index is 837. The van der Waals surface area contributed by atoms with Gasteiger partial charge >= 0.3 is 0 Å². The zero-order valence-electron chi connectivity index (χ0n) is 12.0. The number of nitrogens with zero attached hydrogens (tertiary/aromatic N) is 1. The zero-order chi connectivity index (χ0) is 15.5. The Morgan fingerprint density at radius 3 is 2.68 bits per heavy atom. The van der Waals surface area contributed by atoms with E-state index in [2.05, 4.69) is 10.3 Å². The van der Waals surface area contributed by atoms with Crippen LogP contribution in [-0.2, 0) is 0 Å². The van der Waals surface area contributed by atoms with Crippen molar-refractivity contribution in [2.24, 2.45) is 5.73 Å². The first-order valence-electron chi connectivity index (χ1n) is 7.17. The van der Waals surface area contributed by atoms with E-state index in [1.165, 1.54) is 6.07 Å². The Hall–Kier alpha value is -2.73. The minimum Gasteiger partial charge on any atom is -0.612 e. The normalized spacial score (nSPS) is 11.0. The standard InChI is InChI=1S/C16H17N4O2/c17-9-4-10-18-16-11-5-1-2-6-12(11)19-13-7-3-8-14(15(13)16)20(21)22/h1-3,5-8,18-19H,4,9-10,17H2/q-1. The van der Waals surface area contributed by atoms with Crippen molar-refractivity contribution in [1.29, 1.82) is 0 Å². The Labute approximate surface area is 127 Å². The molecule has 114 valence electrons. The fourth-order valence-electron chi connectivity index (χ4n) is 2.65. The van der Waals surface area contributed by atoms with E-state index in [1.807, 2.05) is 30.3 Å². The van der Waals surface area contributed by atoms with E-state index in [0.717, 1.165) is 28.7 Å². The number of nitrogens with two attached hydrogens (primary N) is 1. The first kappa shape index (κ1) is 14.2. The second-order valence-corrected chi connectivity index (χ2v) is 5.07. The third-order valence-corrected chi connectivity index (χ3v) is 3.64. The van der Waals surface area contributed by atoms with Crippen LogP contribution >= 0.6 is 0 Å². The molecule has 0 radical (unpaired) electrons. The molecule has 0 atom stereocenters. The molecule has 1 aliphatic carbocycles. The minimum atomic E-state index is -0.348. The van der Waals surface area contributed by atoms with Gasteiger partial charge in [-0.15, -0.1) is 0 Å². The van der Waals surface area contributed by atoms with Crippen molar-refractivity contribution >= 4 is 16.6 Å². The van der Waals surface area contributed by atoms with Crippen molar-refractivity contribution in [3.63, 3.8) is 0 Å². The Kier molecular flexibility index (Phi) is 3.84. The molecule has 0 fully saturated rings. The van der Waals surface area contributed by atoms with Gasteiger partial charge in [0.15, 0.2) is 0 Å². The van der Waals surface area contributed by atoms with Crippen LogP contribution in [0.2, 0.25) is 0 Å². The van der Waals surface area contributed by atoms with Crippen LogP contribution < -0.4 is 21.3 Å². The summed E-state index contributed by atoms with van der Waals surface area (Å²) in [5, 5.41) is 27.1. The Morgan fingerprint density at radius 2 is 1.91 bits per heavy atom. The maximum absolute atomic E-state index is 11.4. The highest BCUT2D eigenvalue weighted by atomic mass is 16.8. The van der Waals surface area contributed by atoms with Crippen molar-refractivity contribution in [2.45, 2.75) is 6.42 Å². The fourth-order valence-corrected chi connectivity index (χ4v) is 2.65. The molecule has 0 bridgehead atoms. The number of H-pyrrole nitrogens is 1. The lowest BCUT2D eigenvalue weighted by Gasteiger charge is -2.17. The number of benzene rings is 2. The summed E-state index contributed by atoms with van der Waals surface area (Å²) < 4.78 is 0. The van der Waals surface area contributed by atoms with Gasteiger partial charge in [-0.3, -0.25) is 0 Å². The molecule has 6 nitrogen and oxygen atoms in total. The van der Waals surface area contributed by atoms with Gasteiger partial charge in [-0.2, -0.15) is 4.90 Å². The van der Waals surface area contributed by atoms with Gasteiger partial charge in [0.05, 0.1) is 16.9 Å². The molecule has 3 rings (SSSR count). The number of nitrogens with one attached hydrogen (secondary N) is 2. The molecule has 22 heavy (non-hydrogen) atoms. The van der Waals surface area contributed by atoms with Crippen molar-refractivity contribution in [1.82, 2.24) is 9.89 Å². The summed E-state index contributed by atoms with van der Waals surface area (Å²) in [7, 11) is 0. The van der Waals surface area contributed by atoms with Gasteiger partial charge in [-0.05, 0) is 25.1 Å². The van der Waals surface area contributed by atoms with E-state index in [1.54, 1.807) is 6.07 Å². The quantitative estimate of drug-likeness (QED) is 0.388. The number of rotatable bonds is 4. The van der Waals surface area contributed by atoms with Gasteiger partial charge in [0.25, 0.3) is 0 Å². The van der Waals surface area contributed by atoms with Gasteiger partial charge < -0.3 is 26.4 Å². The SMILES string of the molecule is NCCCNc1c2c(=[N+]([O-])[O-])cccc-2[nH]c2ccccc12. The lowest BCUT2D eigenvalue weighted by atomic mass is 10.0. The highest BCUT2D eigenvalue weighted by Crippen LogP contribution is 2.32. The van der Waals surface area contributed by atoms with Gasteiger partial charge in [-0.1, -0.05) is 24.3 Å². The molecular weight excluding hydrogens is 280 g/mol. The second-order valence-electron chi connectivity index (χ2n) is 5.07. The number of pyridine rings is 1. The summed E-state index contributed by atoms with van der Waals surface area (Å²) in [4.78, 5) is 2.92. The van der Waals surface area contributed by atoms with Crippen LogP contribution in [0.3, 0.4) is 0 Å². The number of aromatic amines is 1. The number of aromatic nitrogens is 1. The number of hydrogen-bond donors (Lipinski definition) is 3. The van der Waals surface area contributed by atoms with Crippen molar-refractivity contribution < 1.29 is 0 Å². The summed E-state index contributed by atoms with van der Waals surface area (Å²) in [6, 6.07) is 12.8. The first-order chi connectivity index (χ1) is 10.7. The topological polar surface area (TPSA) is 103 Å². The van der Waals surface area contributed by atoms with Crippen molar-refractivity contribution in [2.75, 3.05) is 18.4 Å². The smallest absolute Gasteiger partial charge is 0.234 e. The summed E-state index contributed by atoms with van der Waals surface area (Å²) >= 11 is 0. The molecule has 0 amide bonds. The maximum Gasteiger partial charge on any atom is 0.234 e. The predicted octanol–water partition coefficient (Wildman–Crippen LogP) is 1.80. The van der Waals surface area contributed by atoms with Crippen LogP contribution in [0.4, 0.5) is 5.69 Å². The van der Waals surface area contributed by atoms with Gasteiger partial charge in [0.1, 0.15) is 0 Å². The maximum atomic E-state index is 11.4. The van der Waals surface area contributed by atoms with Crippen LogP contribution in [0.15, 0.2) is 42.5 Å². The molecule has 0 spiro atoms. The third-order valence-electron chi connectivity index (χ3n) is 3.64. The van der Waals surface area contributed by atoms with E-state index < -0.39 is 0 Å². The molecule has 1 heterocycles. The summed E-state index contributed by atoms with van der Waals surface area (Å²) in [5.74, 6) is 0. The van der Waals surface area contributed by atoms with Crippen LogP contribution in [0.5, 0.6) is 0 Å². The predicted molar refractivity (Wildman–Crippen MR) is 89.1 cm³/mol. The van der Waals surface area contributed by atoms with E-state index in [9.17, 15) is 10.4 Å². The summed E-state index contributed by atoms with van der Waals surface area (Å²) in [6.45, 7) is 1.25. The molecule has 1 aromatic rings. The van der Waals surface area contributed by atoms with E-state index in [-0.39, 0.29) is 10.3 Å². The molecule has 0 saturated carbocycles. The highest BCUT2D eigenvalue weighted by molar-refractivity contribution is 6.00. The molecule has 1 aliphatic heterocycles. The number of fused-ring (bicyclic) bond motifs is 2. The molecule has 0 unspecified atom stereocenters. The number of anilines is 1. The summed E-state index contributed by atoms with van der Waals surface area (Å²) in [5.41, 5.74) is 8.60. The average Bonchev–Trinajstić information content (AvgIpc) is 2.53. The van der Waals surface area contributed by atoms with Crippen molar-refractivity contribution in [3.8, 4) is 11.3 Å². The average molecular weight is 297 g/mol. The monoisotopic (exact) mass is 297 g/mol. The van der Waals surface area contributed by atoms with E-state index >= 15 is 0 Å². The molecule has 4 N–H and O–H groups in total. The molecular formula is C16H17N4O2-. The molecule has 1 aromatic carbocycles. The van der Waals surface area contributed by atoms with Crippen molar-refractivity contribution in [3.05, 3.63) is 58.2 Å². The van der Waals surface area contributed by atoms with Crippen LogP contribution in [0.25, 0.3) is 22.2 Å². The number of hydrogen-bond acceptors (Lipinski definition) is 4. The van der Waals surface area contributed by atoms with Gasteiger partial charge in [0, 0.05) is 23.5 Å². The lowest BCUT2D eigenvalue weighted by molar-refractivity contribution is 0.874. The fraction of sp³-hybridized carbons (Fsp3) is 0.188. The van der Waals surface area contributed by atoms with Crippen LogP contribution in [0.1, 0.15) is 6.42 Å². The van der Waals surface area contributed by atoms with Gasteiger partial charge in [0.2, 0.25) is 5.36 Å². The van der Waals surface area contributed by atoms with E-state index in [0.29, 0.717) is 18.7 Å². The molecule has 0 aromatic heterocycles. The molecule has 0 saturated heterocycles.